The van der Waals surface area contributed by atoms with Crippen LogP contribution < -0.4 is 10.6 Å². The topological polar surface area (TPSA) is 62.9 Å². The molecule has 0 aliphatic carbocycles. The molecule has 4 heterocycles. The van der Waals surface area contributed by atoms with Gasteiger partial charge in [-0.2, -0.15) is 0 Å². The van der Waals surface area contributed by atoms with Gasteiger partial charge in [0.25, 0.3) is 0 Å². The Morgan fingerprint density at radius 3 is 2.62 bits per heavy atom. The minimum atomic E-state index is -0.211. The van der Waals surface area contributed by atoms with Crippen molar-refractivity contribution >= 4 is 17.0 Å². The first kappa shape index (κ1) is 21.3. The molecule has 8 heteroatoms. The second-order valence-electron chi connectivity index (χ2n) is 9.35. The third-order valence-electron chi connectivity index (χ3n) is 6.94. The van der Waals surface area contributed by atoms with E-state index in [9.17, 15) is 4.39 Å². The Morgan fingerprint density at radius 2 is 1.79 bits per heavy atom. The van der Waals surface area contributed by atoms with Crippen LogP contribution in [0.5, 0.6) is 0 Å². The van der Waals surface area contributed by atoms with Gasteiger partial charge in [-0.05, 0) is 42.7 Å². The number of nitrogens with one attached hydrogen (secondary N) is 2. The molecule has 4 aromatic rings. The number of fused-ring (bicyclic) bond motifs is 2. The van der Waals surface area contributed by atoms with E-state index in [1.54, 1.807) is 0 Å². The van der Waals surface area contributed by atoms with Gasteiger partial charge in [0.15, 0.2) is 0 Å². The van der Waals surface area contributed by atoms with Crippen LogP contribution in [-0.2, 0) is 26.2 Å². The summed E-state index contributed by atoms with van der Waals surface area (Å²) in [7, 11) is 0. The third-order valence-corrected chi connectivity index (χ3v) is 6.94. The maximum atomic E-state index is 13.4. The van der Waals surface area contributed by atoms with Crippen molar-refractivity contribution in [3.63, 3.8) is 0 Å². The molecule has 2 N–H and O–H groups in total. The number of likely N-dealkylation sites (tertiary alicyclic amines) is 1. The second-order valence-corrected chi connectivity index (χ2v) is 9.35. The molecule has 1 saturated heterocycles. The third kappa shape index (κ3) is 4.43. The molecule has 2 aromatic carbocycles. The predicted octanol–water partition coefficient (Wildman–Crippen LogP) is 3.60. The molecule has 2 aliphatic rings. The molecule has 6 rings (SSSR count). The van der Waals surface area contributed by atoms with Crippen molar-refractivity contribution in [2.75, 3.05) is 25.0 Å². The number of benzene rings is 2. The normalized spacial score (nSPS) is 17.2. The second kappa shape index (κ2) is 9.19. The lowest BCUT2D eigenvalue weighted by Crippen LogP contribution is -2.39. The van der Waals surface area contributed by atoms with Gasteiger partial charge in [0.05, 0.1) is 29.8 Å². The minimum absolute atomic E-state index is 0.211. The maximum absolute atomic E-state index is 13.4. The van der Waals surface area contributed by atoms with E-state index in [1.807, 2.05) is 30.3 Å². The van der Waals surface area contributed by atoms with Crippen molar-refractivity contribution in [2.24, 2.45) is 0 Å². The fourth-order valence-electron chi connectivity index (χ4n) is 5.09. The van der Waals surface area contributed by atoms with Gasteiger partial charge in [0, 0.05) is 45.0 Å². The van der Waals surface area contributed by atoms with Gasteiger partial charge in [-0.1, -0.05) is 24.3 Å². The molecular formula is C26H30FN7. The zero-order valence-electron chi connectivity index (χ0n) is 19.3. The van der Waals surface area contributed by atoms with E-state index in [1.165, 1.54) is 17.8 Å². The van der Waals surface area contributed by atoms with Crippen LogP contribution in [0.25, 0.3) is 11.0 Å². The summed E-state index contributed by atoms with van der Waals surface area (Å²) in [6.07, 6.45) is 4.35. The molecule has 0 saturated carbocycles. The number of hydrogen-bond donors (Lipinski definition) is 2. The summed E-state index contributed by atoms with van der Waals surface area (Å²) in [5.74, 6) is 1.83. The summed E-state index contributed by atoms with van der Waals surface area (Å²) in [5, 5.41) is 7.11. The number of hydrogen-bond acceptors (Lipinski definition) is 5. The molecule has 176 valence electrons. The van der Waals surface area contributed by atoms with Gasteiger partial charge in [-0.25, -0.2) is 14.4 Å². The number of anilines is 1. The summed E-state index contributed by atoms with van der Waals surface area (Å²) < 4.78 is 17.9. The van der Waals surface area contributed by atoms with E-state index in [2.05, 4.69) is 36.9 Å². The Hall–Kier alpha value is -3.23. The van der Waals surface area contributed by atoms with Gasteiger partial charge >= 0.3 is 0 Å². The number of rotatable bonds is 6. The summed E-state index contributed by atoms with van der Waals surface area (Å²) in [5.41, 5.74) is 4.29. The van der Waals surface area contributed by atoms with E-state index >= 15 is 0 Å². The molecule has 0 unspecified atom stereocenters. The first-order valence-electron chi connectivity index (χ1n) is 12.2. The lowest BCUT2D eigenvalue weighted by atomic mass is 10.1. The van der Waals surface area contributed by atoms with Crippen molar-refractivity contribution in [1.82, 2.24) is 29.3 Å². The Bertz CT molecular complexity index is 1240. The number of aromatic nitrogens is 4. The van der Waals surface area contributed by atoms with E-state index in [4.69, 9.17) is 9.97 Å². The molecule has 7 nitrogen and oxygen atoms in total. The molecule has 0 amide bonds. The molecule has 34 heavy (non-hydrogen) atoms. The highest BCUT2D eigenvalue weighted by molar-refractivity contribution is 5.78. The number of imidazole rings is 2. The van der Waals surface area contributed by atoms with Crippen LogP contribution in [-0.4, -0.2) is 49.7 Å². The summed E-state index contributed by atoms with van der Waals surface area (Å²) in [4.78, 5) is 12.2. The SMILES string of the molecule is Fc1ccc(Cn2c(NC3CCN(Cc4cn5c(n4)CNCC5)CC3)nc3ccccc32)cc1. The largest absolute Gasteiger partial charge is 0.353 e. The first-order valence-corrected chi connectivity index (χ1v) is 12.2. The van der Waals surface area contributed by atoms with Gasteiger partial charge in [-0.3, -0.25) is 4.90 Å². The van der Waals surface area contributed by atoms with E-state index in [-0.39, 0.29) is 5.82 Å². The lowest BCUT2D eigenvalue weighted by molar-refractivity contribution is 0.209. The number of piperidine rings is 1. The van der Waals surface area contributed by atoms with Crippen LogP contribution in [0, 0.1) is 5.82 Å². The quantitative estimate of drug-likeness (QED) is 0.461. The summed E-state index contributed by atoms with van der Waals surface area (Å²) in [6.45, 7) is 6.54. The van der Waals surface area contributed by atoms with Crippen LogP contribution in [0.3, 0.4) is 0 Å². The van der Waals surface area contributed by atoms with Crippen molar-refractivity contribution in [2.45, 2.75) is 45.1 Å². The van der Waals surface area contributed by atoms with Crippen molar-refractivity contribution < 1.29 is 4.39 Å². The van der Waals surface area contributed by atoms with E-state index < -0.39 is 0 Å². The van der Waals surface area contributed by atoms with Crippen molar-refractivity contribution in [3.05, 3.63) is 77.6 Å². The predicted molar refractivity (Wildman–Crippen MR) is 131 cm³/mol. The van der Waals surface area contributed by atoms with Crippen LogP contribution in [0.1, 0.15) is 29.9 Å². The van der Waals surface area contributed by atoms with Crippen LogP contribution in [0.4, 0.5) is 10.3 Å². The Labute approximate surface area is 198 Å². The molecule has 2 aliphatic heterocycles. The van der Waals surface area contributed by atoms with Gasteiger partial charge in [0.1, 0.15) is 11.6 Å². The van der Waals surface area contributed by atoms with E-state index in [0.29, 0.717) is 12.6 Å². The van der Waals surface area contributed by atoms with Crippen LogP contribution in [0.15, 0.2) is 54.7 Å². The van der Waals surface area contributed by atoms with Gasteiger partial charge < -0.3 is 19.8 Å². The number of halogens is 1. The van der Waals surface area contributed by atoms with Crippen molar-refractivity contribution in [3.8, 4) is 0 Å². The fourth-order valence-corrected chi connectivity index (χ4v) is 5.09. The monoisotopic (exact) mass is 459 g/mol. The van der Waals surface area contributed by atoms with Gasteiger partial charge in [0.2, 0.25) is 5.95 Å². The highest BCUT2D eigenvalue weighted by Crippen LogP contribution is 2.24. The lowest BCUT2D eigenvalue weighted by Gasteiger charge is -2.32. The number of nitrogens with zero attached hydrogens (tertiary/aromatic N) is 5. The number of para-hydroxylation sites is 2. The zero-order chi connectivity index (χ0) is 22.9. The van der Waals surface area contributed by atoms with Crippen LogP contribution in [0.2, 0.25) is 0 Å². The molecular weight excluding hydrogens is 429 g/mol. The Kier molecular flexibility index (Phi) is 5.76. The smallest absolute Gasteiger partial charge is 0.204 e. The average Bonchev–Trinajstić information content (AvgIpc) is 3.42. The van der Waals surface area contributed by atoms with E-state index in [0.717, 1.165) is 80.5 Å². The minimum Gasteiger partial charge on any atom is -0.353 e. The Balaban J connectivity index is 1.13. The molecule has 0 bridgehead atoms. The fraction of sp³-hybridized carbons (Fsp3) is 0.385. The molecule has 0 spiro atoms. The first-order chi connectivity index (χ1) is 16.7. The summed E-state index contributed by atoms with van der Waals surface area (Å²) in [6, 6.07) is 15.3. The van der Waals surface area contributed by atoms with Crippen LogP contribution >= 0.6 is 0 Å². The standard InChI is InChI=1S/C26H30FN7/c27-20-7-5-19(6-8-20)16-34-24-4-2-1-3-23(24)31-26(34)30-21-9-12-32(13-10-21)17-22-18-33-14-11-28-15-25(33)29-22/h1-8,18,21,28H,9-17H2,(H,30,31). The van der Waals surface area contributed by atoms with Crippen molar-refractivity contribution in [1.29, 1.82) is 0 Å². The Morgan fingerprint density at radius 1 is 0.971 bits per heavy atom. The zero-order valence-corrected chi connectivity index (χ0v) is 19.3. The molecule has 2 aromatic heterocycles. The summed E-state index contributed by atoms with van der Waals surface area (Å²) >= 11 is 0. The highest BCUT2D eigenvalue weighted by atomic mass is 19.1. The molecule has 1 fully saturated rings. The highest BCUT2D eigenvalue weighted by Gasteiger charge is 2.23. The maximum Gasteiger partial charge on any atom is 0.204 e. The molecule has 0 atom stereocenters. The average molecular weight is 460 g/mol. The molecule has 0 radical (unpaired) electrons. The van der Waals surface area contributed by atoms with Gasteiger partial charge in [-0.15, -0.1) is 0 Å².